The zero-order valence-corrected chi connectivity index (χ0v) is 22.2. The Bertz CT molecular complexity index is 1260. The lowest BCUT2D eigenvalue weighted by molar-refractivity contribution is -0.169. The van der Waals surface area contributed by atoms with Crippen LogP contribution < -0.4 is 0 Å². The van der Waals surface area contributed by atoms with Gasteiger partial charge >= 0.3 is 5.97 Å². The van der Waals surface area contributed by atoms with Crippen LogP contribution in [0.4, 0.5) is 0 Å². The normalized spacial score (nSPS) is 22.7. The maximum absolute atomic E-state index is 14.2. The lowest BCUT2D eigenvalue weighted by Gasteiger charge is -2.46. The number of aryl methyl sites for hydroxylation is 1. The van der Waals surface area contributed by atoms with Crippen molar-refractivity contribution in [1.29, 1.82) is 0 Å². The smallest absolute Gasteiger partial charge is 0.311 e. The molecule has 0 radical (unpaired) electrons. The number of piperazine rings is 1. The van der Waals surface area contributed by atoms with Crippen LogP contribution in [-0.2, 0) is 36.9 Å². The summed E-state index contributed by atoms with van der Waals surface area (Å²) in [7, 11) is 1.32. The van der Waals surface area contributed by atoms with Crippen molar-refractivity contribution in [3.05, 3.63) is 95.9 Å². The SMILES string of the molecule is COC(=O)C1C[C@]2(COCc3ccccc3)C(=O)N(CCCCc3ccccc3)CC(=O)N2C1c1ccco1. The van der Waals surface area contributed by atoms with E-state index < -0.39 is 23.5 Å². The Hall–Kier alpha value is -3.91. The van der Waals surface area contributed by atoms with Gasteiger partial charge in [0, 0.05) is 6.54 Å². The molecule has 5 rings (SSSR count). The van der Waals surface area contributed by atoms with Crippen LogP contribution in [0.15, 0.2) is 83.5 Å². The van der Waals surface area contributed by atoms with Gasteiger partial charge in [0.25, 0.3) is 5.91 Å². The van der Waals surface area contributed by atoms with Gasteiger partial charge in [-0.15, -0.1) is 0 Å². The first-order chi connectivity index (χ1) is 19.0. The zero-order chi connectivity index (χ0) is 27.2. The Morgan fingerprint density at radius 3 is 2.36 bits per heavy atom. The summed E-state index contributed by atoms with van der Waals surface area (Å²) in [5, 5.41) is 0. The van der Waals surface area contributed by atoms with E-state index in [4.69, 9.17) is 13.9 Å². The molecule has 0 N–H and O–H groups in total. The van der Waals surface area contributed by atoms with Crippen LogP contribution in [0.5, 0.6) is 0 Å². The maximum Gasteiger partial charge on any atom is 0.311 e. The summed E-state index contributed by atoms with van der Waals surface area (Å²) < 4.78 is 16.9. The maximum atomic E-state index is 14.2. The molecule has 0 spiro atoms. The number of carbonyl (C=O) groups is 3. The number of fused-ring (bicyclic) bond motifs is 1. The molecule has 2 aliphatic rings. The third-order valence-electron chi connectivity index (χ3n) is 7.74. The van der Waals surface area contributed by atoms with E-state index in [1.54, 1.807) is 21.9 Å². The molecule has 39 heavy (non-hydrogen) atoms. The standard InChI is InChI=1S/C31H34N2O6/c1-37-29(35)25-19-31(22-38-21-24-14-6-3-7-15-24)30(36)32(17-9-8-13-23-11-4-2-5-12-23)20-27(34)33(31)28(25)26-16-10-18-39-26/h2-7,10-12,14-16,18,25,28H,8-9,13,17,19-22H2,1H3/t25?,28?,31-/m0/s1. The number of hydrogen-bond acceptors (Lipinski definition) is 6. The monoisotopic (exact) mass is 530 g/mol. The minimum atomic E-state index is -1.33. The number of carbonyl (C=O) groups excluding carboxylic acids is 3. The van der Waals surface area contributed by atoms with Crippen LogP contribution in [0.2, 0.25) is 0 Å². The van der Waals surface area contributed by atoms with Crippen molar-refractivity contribution >= 4 is 17.8 Å². The van der Waals surface area contributed by atoms with Gasteiger partial charge in [0.15, 0.2) is 0 Å². The summed E-state index contributed by atoms with van der Waals surface area (Å²) in [5.41, 5.74) is 0.867. The third kappa shape index (κ3) is 5.47. The van der Waals surface area contributed by atoms with E-state index in [2.05, 4.69) is 12.1 Å². The predicted molar refractivity (Wildman–Crippen MR) is 143 cm³/mol. The minimum Gasteiger partial charge on any atom is -0.469 e. The van der Waals surface area contributed by atoms with Crippen molar-refractivity contribution in [2.45, 2.75) is 43.9 Å². The molecule has 204 valence electrons. The van der Waals surface area contributed by atoms with Crippen LogP contribution >= 0.6 is 0 Å². The molecule has 2 aliphatic heterocycles. The van der Waals surface area contributed by atoms with E-state index in [0.29, 0.717) is 12.3 Å². The highest BCUT2D eigenvalue weighted by Crippen LogP contribution is 2.50. The molecule has 2 amide bonds. The second-order valence-corrected chi connectivity index (χ2v) is 10.2. The number of amides is 2. The number of ether oxygens (including phenoxy) is 2. The highest BCUT2D eigenvalue weighted by Gasteiger charge is 2.64. The fourth-order valence-electron chi connectivity index (χ4n) is 5.92. The molecule has 3 atom stereocenters. The lowest BCUT2D eigenvalue weighted by Crippen LogP contribution is -2.67. The van der Waals surface area contributed by atoms with Gasteiger partial charge < -0.3 is 23.7 Å². The molecule has 1 aromatic heterocycles. The number of methoxy groups -OCH3 is 1. The first-order valence-electron chi connectivity index (χ1n) is 13.4. The summed E-state index contributed by atoms with van der Waals surface area (Å²) in [6, 6.07) is 22.6. The highest BCUT2D eigenvalue weighted by atomic mass is 16.5. The van der Waals surface area contributed by atoms with Crippen LogP contribution in [-0.4, -0.2) is 59.9 Å². The average molecular weight is 531 g/mol. The van der Waals surface area contributed by atoms with Crippen molar-refractivity contribution < 1.29 is 28.3 Å². The molecule has 2 saturated heterocycles. The summed E-state index contributed by atoms with van der Waals surface area (Å²) in [6.45, 7) is 0.663. The van der Waals surface area contributed by atoms with E-state index in [1.807, 2.05) is 48.5 Å². The van der Waals surface area contributed by atoms with Crippen LogP contribution in [0.1, 0.15) is 42.2 Å². The number of hydrogen-bond donors (Lipinski definition) is 0. The van der Waals surface area contributed by atoms with Crippen molar-refractivity contribution in [2.24, 2.45) is 5.92 Å². The molecule has 0 saturated carbocycles. The van der Waals surface area contributed by atoms with Gasteiger partial charge in [0.1, 0.15) is 17.3 Å². The second kappa shape index (κ2) is 11.9. The molecule has 8 heteroatoms. The third-order valence-corrected chi connectivity index (χ3v) is 7.74. The topological polar surface area (TPSA) is 89.3 Å². The first kappa shape index (κ1) is 26.7. The van der Waals surface area contributed by atoms with Gasteiger partial charge in [-0.25, -0.2) is 0 Å². The van der Waals surface area contributed by atoms with E-state index >= 15 is 0 Å². The predicted octanol–water partition coefficient (Wildman–Crippen LogP) is 4.16. The van der Waals surface area contributed by atoms with Gasteiger partial charge in [-0.3, -0.25) is 14.4 Å². The summed E-state index contributed by atoms with van der Waals surface area (Å²) >= 11 is 0. The van der Waals surface area contributed by atoms with Gasteiger partial charge in [-0.05, 0) is 48.9 Å². The van der Waals surface area contributed by atoms with Crippen LogP contribution in [0.3, 0.4) is 0 Å². The first-order valence-corrected chi connectivity index (χ1v) is 13.4. The lowest BCUT2D eigenvalue weighted by atomic mass is 9.88. The Morgan fingerprint density at radius 1 is 0.974 bits per heavy atom. The average Bonchev–Trinajstić information content (AvgIpc) is 3.62. The summed E-state index contributed by atoms with van der Waals surface area (Å²) in [4.78, 5) is 44.1. The fraction of sp³-hybridized carbons (Fsp3) is 0.387. The fourth-order valence-corrected chi connectivity index (χ4v) is 5.92. The Labute approximate surface area is 228 Å². The molecule has 3 aromatic rings. The molecule has 0 bridgehead atoms. The van der Waals surface area contributed by atoms with Crippen molar-refractivity contribution in [3.8, 4) is 0 Å². The second-order valence-electron chi connectivity index (χ2n) is 10.2. The van der Waals surface area contributed by atoms with E-state index in [-0.39, 0.29) is 38.0 Å². The van der Waals surface area contributed by atoms with Gasteiger partial charge in [-0.2, -0.15) is 0 Å². The summed E-state index contributed by atoms with van der Waals surface area (Å²) in [5.74, 6) is -1.21. The van der Waals surface area contributed by atoms with Gasteiger partial charge in [0.2, 0.25) is 5.91 Å². The molecular weight excluding hydrogens is 496 g/mol. The Kier molecular flexibility index (Phi) is 8.12. The van der Waals surface area contributed by atoms with Crippen molar-refractivity contribution in [3.63, 3.8) is 0 Å². The zero-order valence-electron chi connectivity index (χ0n) is 22.2. The number of unbranched alkanes of at least 4 members (excludes halogenated alkanes) is 1. The van der Waals surface area contributed by atoms with E-state index in [9.17, 15) is 14.4 Å². The quantitative estimate of drug-likeness (QED) is 0.273. The number of furan rings is 1. The van der Waals surface area contributed by atoms with Crippen LogP contribution in [0, 0.1) is 5.92 Å². The van der Waals surface area contributed by atoms with Crippen LogP contribution in [0.25, 0.3) is 0 Å². The Balaban J connectivity index is 1.39. The summed E-state index contributed by atoms with van der Waals surface area (Å²) in [6.07, 6.45) is 4.16. The molecular formula is C31H34N2O6. The molecule has 2 unspecified atom stereocenters. The largest absolute Gasteiger partial charge is 0.469 e. The van der Waals surface area contributed by atoms with E-state index in [0.717, 1.165) is 24.8 Å². The molecule has 2 fully saturated rings. The van der Waals surface area contributed by atoms with Gasteiger partial charge in [-0.1, -0.05) is 60.7 Å². The number of esters is 1. The number of benzene rings is 2. The van der Waals surface area contributed by atoms with Crippen molar-refractivity contribution in [2.75, 3.05) is 26.8 Å². The van der Waals surface area contributed by atoms with E-state index in [1.165, 1.54) is 18.9 Å². The molecule has 3 heterocycles. The number of rotatable bonds is 11. The van der Waals surface area contributed by atoms with Crippen molar-refractivity contribution in [1.82, 2.24) is 9.80 Å². The minimum absolute atomic E-state index is 0.0301. The molecule has 2 aromatic carbocycles. The van der Waals surface area contributed by atoms with Gasteiger partial charge in [0.05, 0.1) is 39.0 Å². The number of nitrogens with zero attached hydrogens (tertiary/aromatic N) is 2. The molecule has 8 nitrogen and oxygen atoms in total. The Morgan fingerprint density at radius 2 is 1.69 bits per heavy atom. The molecule has 0 aliphatic carbocycles. The highest BCUT2D eigenvalue weighted by molar-refractivity contribution is 6.00.